The molecule has 8 heavy (non-hydrogen) atoms. The largest absolute Gasteiger partial charge is 0.320 e. The van der Waals surface area contributed by atoms with E-state index >= 15 is 0 Å². The van der Waals surface area contributed by atoms with Gasteiger partial charge in [0.15, 0.2) is 0 Å². The molecule has 1 N–H and O–H groups in total. The van der Waals surface area contributed by atoms with Crippen molar-refractivity contribution in [3.8, 4) is 0 Å². The topological polar surface area (TPSA) is 12.0 Å². The molecular weight excluding hydrogens is 118 g/mol. The summed E-state index contributed by atoms with van der Waals surface area (Å²) in [6, 6.07) is 0. The third kappa shape index (κ3) is 6.31. The smallest absolute Gasteiger partial charge is 0.00369 e. The van der Waals surface area contributed by atoms with E-state index in [1.54, 1.807) is 0 Å². The maximum Gasteiger partial charge on any atom is 0.00369 e. The van der Waals surface area contributed by atoms with Gasteiger partial charge in [-0.05, 0) is 26.4 Å². The molecule has 0 fully saturated rings. The van der Waals surface area contributed by atoms with Gasteiger partial charge in [-0.1, -0.05) is 19.0 Å². The molecule has 0 aliphatic carbocycles. The second-order valence-corrected chi connectivity index (χ2v) is 2.28. The molecule has 0 aliphatic rings. The predicted octanol–water partition coefficient (Wildman–Crippen LogP) is 1.57. The molecule has 0 aromatic heterocycles. The van der Waals surface area contributed by atoms with E-state index in [1.165, 1.54) is 19.3 Å². The van der Waals surface area contributed by atoms with Crippen molar-refractivity contribution in [2.45, 2.75) is 19.3 Å². The van der Waals surface area contributed by atoms with Gasteiger partial charge in [0.05, 0.1) is 0 Å². The van der Waals surface area contributed by atoms with Crippen LogP contribution in [0.1, 0.15) is 19.3 Å². The van der Waals surface area contributed by atoms with Gasteiger partial charge >= 0.3 is 0 Å². The first-order valence-corrected chi connectivity index (χ1v) is 3.72. The standard InChI is InChI=1S/C6H14NS/c1-7-5-3-2-4-6-8/h7H,2-6H2,1H3. The van der Waals surface area contributed by atoms with Gasteiger partial charge in [-0.2, -0.15) is 0 Å². The molecule has 1 radical (unpaired) electrons. The second-order valence-electron chi connectivity index (χ2n) is 1.87. The van der Waals surface area contributed by atoms with Gasteiger partial charge in [0.2, 0.25) is 0 Å². The Morgan fingerprint density at radius 3 is 2.50 bits per heavy atom. The Morgan fingerprint density at radius 1 is 1.25 bits per heavy atom. The Kier molecular flexibility index (Phi) is 7.59. The van der Waals surface area contributed by atoms with Crippen molar-refractivity contribution >= 4 is 12.6 Å². The molecular formula is C6H14NS. The molecule has 0 atom stereocenters. The van der Waals surface area contributed by atoms with Gasteiger partial charge in [0.25, 0.3) is 0 Å². The van der Waals surface area contributed by atoms with E-state index in [4.69, 9.17) is 12.6 Å². The monoisotopic (exact) mass is 132 g/mol. The molecule has 0 amide bonds. The first-order valence-electron chi connectivity index (χ1n) is 3.14. The van der Waals surface area contributed by atoms with Crippen LogP contribution >= 0.6 is 12.6 Å². The van der Waals surface area contributed by atoms with E-state index in [9.17, 15) is 0 Å². The fourth-order valence-corrected chi connectivity index (χ4v) is 0.785. The third-order valence-electron chi connectivity index (χ3n) is 1.07. The average molecular weight is 132 g/mol. The van der Waals surface area contributed by atoms with Crippen LogP contribution in [0.4, 0.5) is 0 Å². The van der Waals surface area contributed by atoms with Gasteiger partial charge in [0.1, 0.15) is 0 Å². The molecule has 0 saturated carbocycles. The van der Waals surface area contributed by atoms with Crippen molar-refractivity contribution < 1.29 is 0 Å². The first-order chi connectivity index (χ1) is 3.91. The maximum atomic E-state index is 4.78. The van der Waals surface area contributed by atoms with Gasteiger partial charge in [-0.15, -0.1) is 0 Å². The summed E-state index contributed by atoms with van der Waals surface area (Å²) in [6.45, 7) is 1.13. The predicted molar refractivity (Wildman–Crippen MR) is 40.2 cm³/mol. The number of hydrogen-bond donors (Lipinski definition) is 1. The van der Waals surface area contributed by atoms with Crippen LogP contribution < -0.4 is 5.32 Å². The molecule has 0 heterocycles. The zero-order valence-corrected chi connectivity index (χ0v) is 6.26. The second kappa shape index (κ2) is 7.31. The minimum atomic E-state index is 0.920. The van der Waals surface area contributed by atoms with Gasteiger partial charge in [-0.3, -0.25) is 0 Å². The fraction of sp³-hybridized carbons (Fsp3) is 1.00. The van der Waals surface area contributed by atoms with E-state index in [2.05, 4.69) is 5.32 Å². The average Bonchev–Trinajstić information content (AvgIpc) is 1.81. The van der Waals surface area contributed by atoms with Gasteiger partial charge in [-0.25, -0.2) is 0 Å². The summed E-state index contributed by atoms with van der Waals surface area (Å²) in [6.07, 6.45) is 3.76. The van der Waals surface area contributed by atoms with Crippen LogP contribution in [-0.4, -0.2) is 19.3 Å². The van der Waals surface area contributed by atoms with Crippen molar-refractivity contribution in [2.24, 2.45) is 0 Å². The van der Waals surface area contributed by atoms with Crippen LogP contribution in [0.3, 0.4) is 0 Å². The molecule has 0 aromatic rings. The molecule has 2 heteroatoms. The number of hydrogen-bond acceptors (Lipinski definition) is 1. The lowest BCUT2D eigenvalue weighted by molar-refractivity contribution is 0.670. The van der Waals surface area contributed by atoms with E-state index in [0.29, 0.717) is 0 Å². The molecule has 0 saturated heterocycles. The van der Waals surface area contributed by atoms with E-state index in [1.807, 2.05) is 7.05 Å². The maximum absolute atomic E-state index is 4.78. The van der Waals surface area contributed by atoms with Crippen molar-refractivity contribution in [1.29, 1.82) is 0 Å². The lowest BCUT2D eigenvalue weighted by Crippen LogP contribution is -2.06. The van der Waals surface area contributed by atoms with Crippen LogP contribution in [0.5, 0.6) is 0 Å². The molecule has 0 bridgehead atoms. The van der Waals surface area contributed by atoms with Crippen LogP contribution in [0, 0.1) is 0 Å². The van der Waals surface area contributed by atoms with Crippen molar-refractivity contribution in [1.82, 2.24) is 5.32 Å². The summed E-state index contributed by atoms with van der Waals surface area (Å²) in [7, 11) is 1.98. The van der Waals surface area contributed by atoms with Crippen molar-refractivity contribution in [3.63, 3.8) is 0 Å². The first kappa shape index (κ1) is 8.31. The Balaban J connectivity index is 2.53. The minimum Gasteiger partial charge on any atom is -0.320 e. The Bertz CT molecular complexity index is 33.5. The van der Waals surface area contributed by atoms with Crippen molar-refractivity contribution in [3.05, 3.63) is 0 Å². The van der Waals surface area contributed by atoms with Crippen LogP contribution in [-0.2, 0) is 0 Å². The van der Waals surface area contributed by atoms with E-state index in [-0.39, 0.29) is 0 Å². The summed E-state index contributed by atoms with van der Waals surface area (Å²) in [5.41, 5.74) is 0. The van der Waals surface area contributed by atoms with Crippen LogP contribution in [0.2, 0.25) is 0 Å². The summed E-state index contributed by atoms with van der Waals surface area (Å²) in [4.78, 5) is 0. The van der Waals surface area contributed by atoms with E-state index in [0.717, 1.165) is 12.3 Å². The highest BCUT2D eigenvalue weighted by atomic mass is 32.1. The summed E-state index contributed by atoms with van der Waals surface area (Å²) in [5, 5.41) is 3.09. The zero-order chi connectivity index (χ0) is 6.24. The highest BCUT2D eigenvalue weighted by Gasteiger charge is 1.83. The van der Waals surface area contributed by atoms with Gasteiger partial charge < -0.3 is 5.32 Å². The Labute approximate surface area is 57.3 Å². The van der Waals surface area contributed by atoms with E-state index < -0.39 is 0 Å². The third-order valence-corrected chi connectivity index (χ3v) is 1.36. The van der Waals surface area contributed by atoms with Crippen LogP contribution in [0.15, 0.2) is 0 Å². The summed E-state index contributed by atoms with van der Waals surface area (Å²) >= 11 is 4.78. The number of rotatable bonds is 5. The van der Waals surface area contributed by atoms with Crippen molar-refractivity contribution in [2.75, 3.05) is 19.3 Å². The summed E-state index contributed by atoms with van der Waals surface area (Å²) in [5.74, 6) is 0.920. The highest BCUT2D eigenvalue weighted by Crippen LogP contribution is 1.94. The highest BCUT2D eigenvalue weighted by molar-refractivity contribution is 7.80. The molecule has 0 unspecified atom stereocenters. The number of nitrogens with one attached hydrogen (secondary N) is 1. The normalized spacial score (nSPS) is 9.75. The lowest BCUT2D eigenvalue weighted by atomic mass is 10.2. The van der Waals surface area contributed by atoms with Crippen LogP contribution in [0.25, 0.3) is 0 Å². The molecule has 0 rings (SSSR count). The molecule has 0 aromatic carbocycles. The fourth-order valence-electron chi connectivity index (χ4n) is 0.581. The lowest BCUT2D eigenvalue weighted by Gasteiger charge is -1.95. The Morgan fingerprint density at radius 2 is 2.00 bits per heavy atom. The zero-order valence-electron chi connectivity index (χ0n) is 5.44. The molecule has 1 nitrogen and oxygen atoms in total. The summed E-state index contributed by atoms with van der Waals surface area (Å²) < 4.78 is 0. The molecule has 0 spiro atoms. The Hall–Kier alpha value is 0.310. The SMILES string of the molecule is CNCCCCC[S]. The molecule has 49 valence electrons. The van der Waals surface area contributed by atoms with Gasteiger partial charge in [0, 0.05) is 5.75 Å². The molecule has 0 aliphatic heterocycles. The minimum absolute atomic E-state index is 0.920. The quantitative estimate of drug-likeness (QED) is 0.560. The number of unbranched alkanes of at least 4 members (excludes halogenated alkanes) is 2.